The topological polar surface area (TPSA) is 87.5 Å². The number of carboxylic acids is 1. The lowest BCUT2D eigenvalue weighted by Crippen LogP contribution is -2.23. The van der Waals surface area contributed by atoms with Gasteiger partial charge in [-0.25, -0.2) is 4.79 Å². The van der Waals surface area contributed by atoms with Crippen LogP contribution in [0.1, 0.15) is 37.7 Å². The third kappa shape index (κ3) is 5.06. The summed E-state index contributed by atoms with van der Waals surface area (Å²) in [5, 5.41) is 17.1. The number of aryl methyl sites for hydroxylation is 2. The van der Waals surface area contributed by atoms with Crippen molar-refractivity contribution in [2.24, 2.45) is 7.05 Å². The van der Waals surface area contributed by atoms with Crippen LogP contribution in [0.4, 0.5) is 11.4 Å². The van der Waals surface area contributed by atoms with Gasteiger partial charge in [0.15, 0.2) is 0 Å². The number of likely N-dealkylation sites (N-methyl/N-ethyl adjacent to an activating group) is 1. The molecule has 1 amide bonds. The number of hydrogen-bond acceptors (Lipinski definition) is 4. The first-order valence-corrected chi connectivity index (χ1v) is 10.2. The number of aromatic nitrogens is 2. The van der Waals surface area contributed by atoms with Gasteiger partial charge in [-0.2, -0.15) is 5.10 Å². The fraction of sp³-hybridized carbons (Fsp3) is 0.261. The molecule has 1 heterocycles. The number of carbonyl (C=O) groups excluding carboxylic acids is 1. The number of nitrogens with zero attached hydrogens (tertiary/aromatic N) is 3. The van der Waals surface area contributed by atoms with Crippen LogP contribution in [0.15, 0.2) is 42.5 Å². The highest BCUT2D eigenvalue weighted by Gasteiger charge is 2.17. The van der Waals surface area contributed by atoms with E-state index in [0.717, 1.165) is 23.5 Å². The molecule has 0 bridgehead atoms. The molecule has 2 N–H and O–H groups in total. The second kappa shape index (κ2) is 9.22. The summed E-state index contributed by atoms with van der Waals surface area (Å²) in [4.78, 5) is 26.2. The molecular formula is C23H25ClN4O3. The smallest absolute Gasteiger partial charge is 0.335 e. The second-order valence-electron chi connectivity index (χ2n) is 7.45. The molecule has 0 unspecified atom stereocenters. The van der Waals surface area contributed by atoms with E-state index in [0.29, 0.717) is 22.8 Å². The average Bonchev–Trinajstić information content (AvgIpc) is 2.97. The Bertz CT molecular complexity index is 1140. The van der Waals surface area contributed by atoms with Gasteiger partial charge in [0.25, 0.3) is 5.91 Å². The Morgan fingerprint density at radius 3 is 2.52 bits per heavy atom. The van der Waals surface area contributed by atoms with Crippen LogP contribution in [0.5, 0.6) is 0 Å². The van der Waals surface area contributed by atoms with Crippen LogP contribution in [-0.2, 0) is 13.5 Å². The quantitative estimate of drug-likeness (QED) is 0.571. The summed E-state index contributed by atoms with van der Waals surface area (Å²) in [6, 6.07) is 11.3. The molecule has 3 aromatic rings. The predicted octanol–water partition coefficient (Wildman–Crippen LogP) is 4.32. The maximum absolute atomic E-state index is 12.7. The van der Waals surface area contributed by atoms with E-state index in [1.807, 2.05) is 37.5 Å². The maximum atomic E-state index is 12.7. The highest BCUT2D eigenvalue weighted by molar-refractivity contribution is 6.31. The van der Waals surface area contributed by atoms with Gasteiger partial charge >= 0.3 is 5.97 Å². The van der Waals surface area contributed by atoms with Crippen molar-refractivity contribution in [3.05, 3.63) is 75.6 Å². The van der Waals surface area contributed by atoms with Crippen LogP contribution in [0, 0.1) is 13.8 Å². The van der Waals surface area contributed by atoms with E-state index < -0.39 is 5.97 Å². The molecule has 1 aromatic heterocycles. The molecule has 8 heteroatoms. The van der Waals surface area contributed by atoms with E-state index >= 15 is 0 Å². The van der Waals surface area contributed by atoms with Gasteiger partial charge in [0.1, 0.15) is 0 Å². The molecule has 0 aliphatic rings. The van der Waals surface area contributed by atoms with E-state index in [4.69, 9.17) is 11.6 Å². The van der Waals surface area contributed by atoms with Crippen molar-refractivity contribution in [2.75, 3.05) is 23.8 Å². The molecule has 0 spiro atoms. The Hall–Kier alpha value is -3.32. The van der Waals surface area contributed by atoms with Gasteiger partial charge in [0.2, 0.25) is 0 Å². The number of carbonyl (C=O) groups is 2. The highest BCUT2D eigenvalue weighted by Crippen LogP contribution is 2.28. The number of nitrogens with one attached hydrogen (secondary N) is 1. The molecule has 162 valence electrons. The first-order valence-electron chi connectivity index (χ1n) is 9.82. The number of benzene rings is 2. The van der Waals surface area contributed by atoms with Crippen LogP contribution in [0.3, 0.4) is 0 Å². The molecular weight excluding hydrogens is 416 g/mol. The van der Waals surface area contributed by atoms with Crippen LogP contribution in [-0.4, -0.2) is 40.4 Å². The molecule has 7 nitrogen and oxygen atoms in total. The zero-order chi connectivity index (χ0) is 22.7. The molecule has 0 fully saturated rings. The monoisotopic (exact) mass is 440 g/mol. The molecule has 0 radical (unpaired) electrons. The highest BCUT2D eigenvalue weighted by atomic mass is 35.5. The van der Waals surface area contributed by atoms with E-state index in [2.05, 4.69) is 10.4 Å². The second-order valence-corrected chi connectivity index (χ2v) is 7.88. The average molecular weight is 441 g/mol. The zero-order valence-corrected chi connectivity index (χ0v) is 18.7. The van der Waals surface area contributed by atoms with Crippen molar-refractivity contribution in [3.63, 3.8) is 0 Å². The Kier molecular flexibility index (Phi) is 6.65. The lowest BCUT2D eigenvalue weighted by atomic mass is 10.1. The summed E-state index contributed by atoms with van der Waals surface area (Å²) in [6.07, 6.45) is 0.768. The third-order valence-corrected chi connectivity index (χ3v) is 5.58. The summed E-state index contributed by atoms with van der Waals surface area (Å²) in [5.41, 5.74) is 4.92. The number of halogens is 1. The SMILES string of the molecule is Cc1nn(C)c(C)c1CCN(C)c1ccc(C(=O)O)cc1NC(=O)c1cccc(Cl)c1. The number of amides is 1. The summed E-state index contributed by atoms with van der Waals surface area (Å²) in [5.74, 6) is -1.42. The Labute approximate surface area is 186 Å². The summed E-state index contributed by atoms with van der Waals surface area (Å²) < 4.78 is 1.86. The molecule has 0 saturated heterocycles. The first kappa shape index (κ1) is 22.4. The summed E-state index contributed by atoms with van der Waals surface area (Å²) >= 11 is 5.99. The minimum absolute atomic E-state index is 0.0949. The largest absolute Gasteiger partial charge is 0.478 e. The van der Waals surface area contributed by atoms with Gasteiger partial charge in [0, 0.05) is 36.9 Å². The van der Waals surface area contributed by atoms with Crippen LogP contribution >= 0.6 is 11.6 Å². The fourth-order valence-electron chi connectivity index (χ4n) is 3.51. The fourth-order valence-corrected chi connectivity index (χ4v) is 3.70. The number of hydrogen-bond donors (Lipinski definition) is 2. The van der Waals surface area contributed by atoms with Crippen molar-refractivity contribution < 1.29 is 14.7 Å². The van der Waals surface area contributed by atoms with E-state index in [1.54, 1.807) is 30.3 Å². The number of anilines is 2. The Morgan fingerprint density at radius 1 is 1.16 bits per heavy atom. The zero-order valence-electron chi connectivity index (χ0n) is 17.9. The van der Waals surface area contributed by atoms with Gasteiger partial charge in [-0.3, -0.25) is 9.48 Å². The predicted molar refractivity (Wildman–Crippen MR) is 122 cm³/mol. The molecule has 2 aromatic carbocycles. The van der Waals surface area contributed by atoms with Gasteiger partial charge in [-0.1, -0.05) is 17.7 Å². The number of rotatable bonds is 7. The van der Waals surface area contributed by atoms with Crippen LogP contribution in [0.25, 0.3) is 0 Å². The van der Waals surface area contributed by atoms with Crippen molar-refractivity contribution in [1.82, 2.24) is 9.78 Å². The van der Waals surface area contributed by atoms with E-state index in [1.165, 1.54) is 17.7 Å². The van der Waals surface area contributed by atoms with Gasteiger partial charge in [0.05, 0.1) is 22.6 Å². The molecule has 31 heavy (non-hydrogen) atoms. The molecule has 3 rings (SSSR count). The van der Waals surface area contributed by atoms with Gasteiger partial charge in [-0.15, -0.1) is 0 Å². The molecule has 0 aliphatic heterocycles. The van der Waals surface area contributed by atoms with Crippen molar-refractivity contribution in [2.45, 2.75) is 20.3 Å². The summed E-state index contributed by atoms with van der Waals surface area (Å²) in [6.45, 7) is 4.69. The Balaban J connectivity index is 1.86. The van der Waals surface area contributed by atoms with Gasteiger partial charge in [-0.05, 0) is 62.2 Å². The van der Waals surface area contributed by atoms with Crippen LogP contribution < -0.4 is 10.2 Å². The summed E-state index contributed by atoms with van der Waals surface area (Å²) in [7, 11) is 3.83. The van der Waals surface area contributed by atoms with E-state index in [-0.39, 0.29) is 11.5 Å². The normalized spacial score (nSPS) is 10.7. The number of aromatic carboxylic acids is 1. The minimum atomic E-state index is -1.06. The standard InChI is InChI=1S/C23H25ClN4O3/c1-14-19(15(2)28(4)26-14)10-11-27(3)21-9-8-17(23(30)31)13-20(21)25-22(29)16-6-5-7-18(24)12-16/h5-9,12-13H,10-11H2,1-4H3,(H,25,29)(H,30,31). The van der Waals surface area contributed by atoms with Crippen molar-refractivity contribution >= 4 is 34.9 Å². The molecule has 0 atom stereocenters. The van der Waals surface area contributed by atoms with E-state index in [9.17, 15) is 14.7 Å². The minimum Gasteiger partial charge on any atom is -0.478 e. The first-order chi connectivity index (χ1) is 14.7. The molecule has 0 aliphatic carbocycles. The molecule has 0 saturated carbocycles. The number of carboxylic acid groups (broad SMARTS) is 1. The van der Waals surface area contributed by atoms with Crippen LogP contribution in [0.2, 0.25) is 5.02 Å². The Morgan fingerprint density at radius 2 is 1.90 bits per heavy atom. The van der Waals surface area contributed by atoms with Crippen molar-refractivity contribution in [3.8, 4) is 0 Å². The van der Waals surface area contributed by atoms with Crippen molar-refractivity contribution in [1.29, 1.82) is 0 Å². The maximum Gasteiger partial charge on any atom is 0.335 e. The lowest BCUT2D eigenvalue weighted by molar-refractivity contribution is 0.0696. The third-order valence-electron chi connectivity index (χ3n) is 5.35. The van der Waals surface area contributed by atoms with Gasteiger partial charge < -0.3 is 15.3 Å². The lowest BCUT2D eigenvalue weighted by Gasteiger charge is -2.23.